The minimum atomic E-state index is -1.35. The zero-order valence-electron chi connectivity index (χ0n) is 14.0. The van der Waals surface area contributed by atoms with Gasteiger partial charge in [-0.15, -0.1) is 0 Å². The topological polar surface area (TPSA) is 145 Å². The lowest BCUT2D eigenvalue weighted by atomic mass is 10.1. The second kappa shape index (κ2) is 9.26. The number of carbonyl (C=O) groups is 4. The molecule has 1 atom stereocenters. The van der Waals surface area contributed by atoms with E-state index in [1.807, 2.05) is 6.92 Å². The van der Waals surface area contributed by atoms with Crippen LogP contribution >= 0.6 is 0 Å². The van der Waals surface area contributed by atoms with Crippen LogP contribution in [-0.4, -0.2) is 46.6 Å². The highest BCUT2D eigenvalue weighted by Crippen LogP contribution is 2.21. The summed E-state index contributed by atoms with van der Waals surface area (Å²) < 4.78 is 0. The number of anilines is 2. The van der Waals surface area contributed by atoms with E-state index in [0.29, 0.717) is 12.2 Å². The maximum Gasteiger partial charge on any atom is 0.326 e. The number of carbonyl (C=O) groups excluding carboxylic acids is 2. The Morgan fingerprint density at radius 2 is 1.84 bits per heavy atom. The van der Waals surface area contributed by atoms with Crippen LogP contribution in [0.15, 0.2) is 18.2 Å². The van der Waals surface area contributed by atoms with Crippen LogP contribution in [0.3, 0.4) is 0 Å². The third-order valence-electron chi connectivity index (χ3n) is 3.21. The molecule has 0 aliphatic rings. The van der Waals surface area contributed by atoms with Gasteiger partial charge in [-0.1, -0.05) is 0 Å². The van der Waals surface area contributed by atoms with Crippen molar-refractivity contribution < 1.29 is 29.4 Å². The molecule has 0 aliphatic carbocycles. The van der Waals surface area contributed by atoms with E-state index >= 15 is 0 Å². The molecule has 0 bridgehead atoms. The van der Waals surface area contributed by atoms with Crippen LogP contribution in [0, 0.1) is 0 Å². The number of aliphatic carboxylic acids is 2. The van der Waals surface area contributed by atoms with E-state index in [2.05, 4.69) is 16.0 Å². The first-order chi connectivity index (χ1) is 11.7. The van der Waals surface area contributed by atoms with Crippen molar-refractivity contribution in [3.05, 3.63) is 23.8 Å². The van der Waals surface area contributed by atoms with Gasteiger partial charge in [-0.2, -0.15) is 0 Å². The lowest BCUT2D eigenvalue weighted by molar-refractivity contribution is -0.140. The molecule has 9 nitrogen and oxygen atoms in total. The van der Waals surface area contributed by atoms with Crippen molar-refractivity contribution in [2.24, 2.45) is 0 Å². The first-order valence-electron chi connectivity index (χ1n) is 7.65. The van der Waals surface area contributed by atoms with Gasteiger partial charge in [0.1, 0.15) is 6.04 Å². The van der Waals surface area contributed by atoms with Crippen LogP contribution in [0.2, 0.25) is 0 Å². The smallest absolute Gasteiger partial charge is 0.326 e. The summed E-state index contributed by atoms with van der Waals surface area (Å²) in [5.41, 5.74) is 0.993. The molecule has 0 fully saturated rings. The fraction of sp³-hybridized carbons (Fsp3) is 0.375. The number of hydrogen-bond donors (Lipinski definition) is 5. The van der Waals surface area contributed by atoms with Gasteiger partial charge in [-0.3, -0.25) is 14.4 Å². The van der Waals surface area contributed by atoms with E-state index in [-0.39, 0.29) is 23.6 Å². The molecule has 1 rings (SSSR count). The molecule has 1 aromatic rings. The van der Waals surface area contributed by atoms with Gasteiger partial charge < -0.3 is 26.2 Å². The number of amides is 2. The third-order valence-corrected chi connectivity index (χ3v) is 3.21. The summed E-state index contributed by atoms with van der Waals surface area (Å²) in [6.45, 7) is 3.81. The number of carboxylic acid groups (broad SMARTS) is 2. The van der Waals surface area contributed by atoms with Crippen LogP contribution in [0.25, 0.3) is 0 Å². The second-order valence-corrected chi connectivity index (χ2v) is 5.27. The molecular weight excluding hydrogens is 330 g/mol. The zero-order valence-corrected chi connectivity index (χ0v) is 14.0. The van der Waals surface area contributed by atoms with Gasteiger partial charge in [0.15, 0.2) is 0 Å². The molecule has 25 heavy (non-hydrogen) atoms. The Balaban J connectivity index is 3.02. The van der Waals surface area contributed by atoms with Gasteiger partial charge in [0.2, 0.25) is 5.91 Å². The number of benzene rings is 1. The van der Waals surface area contributed by atoms with Crippen molar-refractivity contribution in [1.29, 1.82) is 0 Å². The molecule has 0 heterocycles. The van der Waals surface area contributed by atoms with E-state index in [1.165, 1.54) is 13.0 Å². The van der Waals surface area contributed by atoms with Gasteiger partial charge in [0, 0.05) is 25.6 Å². The predicted octanol–water partition coefficient (Wildman–Crippen LogP) is 1.12. The van der Waals surface area contributed by atoms with E-state index in [1.54, 1.807) is 12.1 Å². The molecule has 0 aliphatic heterocycles. The highest BCUT2D eigenvalue weighted by Gasteiger charge is 2.23. The lowest BCUT2D eigenvalue weighted by Crippen LogP contribution is -2.41. The van der Waals surface area contributed by atoms with Crippen LogP contribution < -0.4 is 16.0 Å². The molecule has 0 spiro atoms. The second-order valence-electron chi connectivity index (χ2n) is 5.27. The molecule has 2 amide bonds. The summed E-state index contributed by atoms with van der Waals surface area (Å²) >= 11 is 0. The summed E-state index contributed by atoms with van der Waals surface area (Å²) in [7, 11) is 0. The Labute approximate surface area is 144 Å². The summed E-state index contributed by atoms with van der Waals surface area (Å²) in [6, 6.07) is 3.29. The Hall–Kier alpha value is -3.10. The number of rotatable bonds is 9. The van der Waals surface area contributed by atoms with E-state index in [4.69, 9.17) is 10.2 Å². The molecule has 0 saturated carbocycles. The van der Waals surface area contributed by atoms with Crippen LogP contribution in [0.4, 0.5) is 11.4 Å². The molecule has 0 aromatic heterocycles. The largest absolute Gasteiger partial charge is 0.481 e. The van der Waals surface area contributed by atoms with Crippen molar-refractivity contribution in [1.82, 2.24) is 5.32 Å². The average Bonchev–Trinajstić information content (AvgIpc) is 2.50. The first-order valence-corrected chi connectivity index (χ1v) is 7.65. The minimum absolute atomic E-state index is 0.0819. The monoisotopic (exact) mass is 351 g/mol. The van der Waals surface area contributed by atoms with Crippen molar-refractivity contribution in [2.75, 3.05) is 17.2 Å². The number of hydrogen-bond acceptors (Lipinski definition) is 5. The van der Waals surface area contributed by atoms with Crippen LogP contribution in [0.1, 0.15) is 37.0 Å². The van der Waals surface area contributed by atoms with Gasteiger partial charge >= 0.3 is 11.9 Å². The Morgan fingerprint density at radius 3 is 2.36 bits per heavy atom. The summed E-state index contributed by atoms with van der Waals surface area (Å²) in [6.07, 6.45) is -0.642. The summed E-state index contributed by atoms with van der Waals surface area (Å²) in [5, 5.41) is 25.6. The van der Waals surface area contributed by atoms with Crippen LogP contribution in [0.5, 0.6) is 0 Å². The molecule has 136 valence electrons. The molecule has 0 saturated heterocycles. The lowest BCUT2D eigenvalue weighted by Gasteiger charge is -2.16. The minimum Gasteiger partial charge on any atom is -0.481 e. The normalized spacial score (nSPS) is 11.3. The standard InChI is InChI=1S/C16H21N3O6/c1-3-17-10-4-5-11(13(8-10)18-9(2)20)15(23)19-12(16(24)25)6-7-14(21)22/h4-5,8,12,17H,3,6-7H2,1-2H3,(H,18,20)(H,19,23)(H,21,22)(H,24,25)/t12-/m1/s1. The van der Waals surface area contributed by atoms with Gasteiger partial charge in [-0.25, -0.2) is 4.79 Å². The third kappa shape index (κ3) is 6.50. The summed E-state index contributed by atoms with van der Waals surface area (Å²) in [4.78, 5) is 45.5. The molecule has 1 aromatic carbocycles. The van der Waals surface area contributed by atoms with Crippen LogP contribution in [-0.2, 0) is 14.4 Å². The molecular formula is C16H21N3O6. The Bertz CT molecular complexity index is 674. The van der Waals surface area contributed by atoms with Gasteiger partial charge in [-0.05, 0) is 31.5 Å². The van der Waals surface area contributed by atoms with Crippen molar-refractivity contribution >= 4 is 35.1 Å². The maximum absolute atomic E-state index is 12.4. The quantitative estimate of drug-likeness (QED) is 0.448. The maximum atomic E-state index is 12.4. The van der Waals surface area contributed by atoms with Crippen molar-refractivity contribution in [3.8, 4) is 0 Å². The van der Waals surface area contributed by atoms with Crippen molar-refractivity contribution in [2.45, 2.75) is 32.7 Å². The SMILES string of the molecule is CCNc1ccc(C(=O)N[C@H](CCC(=O)O)C(=O)O)c(NC(C)=O)c1. The molecule has 9 heteroatoms. The van der Waals surface area contributed by atoms with Crippen molar-refractivity contribution in [3.63, 3.8) is 0 Å². The molecule has 0 radical (unpaired) electrons. The first kappa shape index (κ1) is 19.9. The van der Waals surface area contributed by atoms with Gasteiger partial charge in [0.25, 0.3) is 5.91 Å². The highest BCUT2D eigenvalue weighted by molar-refractivity contribution is 6.05. The fourth-order valence-electron chi connectivity index (χ4n) is 2.11. The highest BCUT2D eigenvalue weighted by atomic mass is 16.4. The van der Waals surface area contributed by atoms with E-state index < -0.39 is 30.3 Å². The van der Waals surface area contributed by atoms with Gasteiger partial charge in [0.05, 0.1) is 11.3 Å². The van der Waals surface area contributed by atoms with E-state index in [0.717, 1.165) is 0 Å². The summed E-state index contributed by atoms with van der Waals surface area (Å²) in [5.74, 6) is -3.60. The number of nitrogens with one attached hydrogen (secondary N) is 3. The predicted molar refractivity (Wildman–Crippen MR) is 90.7 cm³/mol. The average molecular weight is 351 g/mol. The number of carboxylic acids is 2. The van der Waals surface area contributed by atoms with E-state index in [9.17, 15) is 19.2 Å². The molecule has 5 N–H and O–H groups in total. The Morgan fingerprint density at radius 1 is 1.16 bits per heavy atom. The fourth-order valence-corrected chi connectivity index (χ4v) is 2.11. The molecule has 0 unspecified atom stereocenters. The Kier molecular flexibility index (Phi) is 7.39. The zero-order chi connectivity index (χ0) is 19.0.